The number of carbonyl (C=O) groups excluding carboxylic acids is 1. The fourth-order valence-corrected chi connectivity index (χ4v) is 2.71. The number of fused-ring (bicyclic) bond motifs is 1. The molecule has 1 aliphatic heterocycles. The van der Waals surface area contributed by atoms with Crippen LogP contribution < -0.4 is 4.74 Å². The zero-order valence-electron chi connectivity index (χ0n) is 11.9. The Morgan fingerprint density at radius 3 is 2.83 bits per heavy atom. The van der Waals surface area contributed by atoms with E-state index in [1.165, 1.54) is 24.3 Å². The third-order valence-electron chi connectivity index (χ3n) is 3.34. The molecule has 6 heteroatoms. The second-order valence-corrected chi connectivity index (χ2v) is 5.83. The van der Waals surface area contributed by atoms with Crippen LogP contribution in [-0.2, 0) is 11.3 Å². The van der Waals surface area contributed by atoms with E-state index in [9.17, 15) is 9.90 Å². The van der Waals surface area contributed by atoms with E-state index in [0.29, 0.717) is 28.0 Å². The van der Waals surface area contributed by atoms with Crippen LogP contribution in [0.1, 0.15) is 21.5 Å². The minimum absolute atomic E-state index is 0.123. The van der Waals surface area contributed by atoms with Crippen LogP contribution in [0, 0.1) is 0 Å². The summed E-state index contributed by atoms with van der Waals surface area (Å²) in [5.74, 6) is 0.146. The SMILES string of the molecule is O=C(/C=C/c1cc(Cl)cc2c1OCOC2)c1cc(Cl)ccc1O. The number of phenolic OH excluding ortho intramolecular Hbond substituents is 1. The molecule has 4 nitrogen and oxygen atoms in total. The average Bonchev–Trinajstić information content (AvgIpc) is 2.54. The lowest BCUT2D eigenvalue weighted by atomic mass is 10.1. The Hall–Kier alpha value is -2.01. The summed E-state index contributed by atoms with van der Waals surface area (Å²) >= 11 is 11.9. The van der Waals surface area contributed by atoms with Gasteiger partial charge in [-0.05, 0) is 42.5 Å². The number of phenols is 1. The third-order valence-corrected chi connectivity index (χ3v) is 3.80. The van der Waals surface area contributed by atoms with Crippen molar-refractivity contribution < 1.29 is 19.4 Å². The van der Waals surface area contributed by atoms with Gasteiger partial charge in [-0.2, -0.15) is 0 Å². The van der Waals surface area contributed by atoms with Crippen molar-refractivity contribution in [2.75, 3.05) is 6.79 Å². The molecule has 0 spiro atoms. The fourth-order valence-electron chi connectivity index (χ4n) is 2.29. The van der Waals surface area contributed by atoms with Crippen molar-refractivity contribution in [1.29, 1.82) is 0 Å². The largest absolute Gasteiger partial charge is 0.507 e. The topological polar surface area (TPSA) is 55.8 Å². The molecule has 0 atom stereocenters. The second kappa shape index (κ2) is 6.62. The van der Waals surface area contributed by atoms with Crippen LogP contribution >= 0.6 is 23.2 Å². The van der Waals surface area contributed by atoms with Crippen molar-refractivity contribution in [3.63, 3.8) is 0 Å². The van der Waals surface area contributed by atoms with E-state index in [1.807, 2.05) is 0 Å². The predicted octanol–water partition coefficient (Wildman–Crippen LogP) is 4.46. The summed E-state index contributed by atoms with van der Waals surface area (Å²) in [4.78, 5) is 12.2. The Morgan fingerprint density at radius 2 is 2.00 bits per heavy atom. The third kappa shape index (κ3) is 3.50. The number of ketones is 1. The molecule has 0 amide bonds. The Morgan fingerprint density at radius 1 is 1.17 bits per heavy atom. The molecule has 3 rings (SSSR count). The van der Waals surface area contributed by atoms with Crippen LogP contribution in [0.5, 0.6) is 11.5 Å². The monoisotopic (exact) mass is 350 g/mol. The van der Waals surface area contributed by atoms with Crippen LogP contribution in [0.4, 0.5) is 0 Å². The number of ether oxygens (including phenoxy) is 2. The number of hydrogen-bond donors (Lipinski definition) is 1. The van der Waals surface area contributed by atoms with Crippen molar-refractivity contribution in [2.45, 2.75) is 6.61 Å². The molecule has 0 saturated carbocycles. The summed E-state index contributed by atoms with van der Waals surface area (Å²) < 4.78 is 10.7. The molecule has 1 N–H and O–H groups in total. The molecule has 2 aromatic rings. The van der Waals surface area contributed by atoms with Crippen molar-refractivity contribution >= 4 is 35.1 Å². The van der Waals surface area contributed by atoms with Gasteiger partial charge >= 0.3 is 0 Å². The van der Waals surface area contributed by atoms with E-state index in [4.69, 9.17) is 32.7 Å². The van der Waals surface area contributed by atoms with Gasteiger partial charge in [-0.1, -0.05) is 23.2 Å². The smallest absolute Gasteiger partial charge is 0.189 e. The molecule has 0 fully saturated rings. The van der Waals surface area contributed by atoms with Gasteiger partial charge in [-0.25, -0.2) is 0 Å². The van der Waals surface area contributed by atoms with E-state index >= 15 is 0 Å². The van der Waals surface area contributed by atoms with Gasteiger partial charge < -0.3 is 14.6 Å². The first-order valence-corrected chi connectivity index (χ1v) is 7.54. The first kappa shape index (κ1) is 15.9. The van der Waals surface area contributed by atoms with Crippen LogP contribution in [0.15, 0.2) is 36.4 Å². The Bertz CT molecular complexity index is 799. The standard InChI is InChI=1S/C17H12Cl2O4/c18-12-2-4-16(21)14(7-12)15(20)3-1-10-5-13(19)6-11-8-22-9-23-17(10)11/h1-7,21H,8-9H2/b3-1+. The van der Waals surface area contributed by atoms with Gasteiger partial charge in [0.2, 0.25) is 0 Å². The van der Waals surface area contributed by atoms with Gasteiger partial charge in [-0.15, -0.1) is 0 Å². The maximum atomic E-state index is 12.2. The fraction of sp³-hybridized carbons (Fsp3) is 0.118. The molecule has 0 aliphatic carbocycles. The normalized spacial score (nSPS) is 13.7. The summed E-state index contributed by atoms with van der Waals surface area (Å²) in [5.41, 5.74) is 1.63. The number of hydrogen-bond acceptors (Lipinski definition) is 4. The number of carbonyl (C=O) groups is 1. The molecule has 2 aromatic carbocycles. The summed E-state index contributed by atoms with van der Waals surface area (Å²) in [5, 5.41) is 10.7. The van der Waals surface area contributed by atoms with E-state index in [-0.39, 0.29) is 23.9 Å². The highest BCUT2D eigenvalue weighted by Crippen LogP contribution is 2.32. The first-order valence-electron chi connectivity index (χ1n) is 6.78. The number of allylic oxidation sites excluding steroid dienone is 1. The lowest BCUT2D eigenvalue weighted by molar-refractivity contribution is -0.0165. The summed E-state index contributed by atoms with van der Waals surface area (Å²) in [6.07, 6.45) is 2.94. The predicted molar refractivity (Wildman–Crippen MR) is 88.2 cm³/mol. The highest BCUT2D eigenvalue weighted by Gasteiger charge is 2.15. The minimum atomic E-state index is -0.370. The van der Waals surface area contributed by atoms with Crippen molar-refractivity contribution in [2.24, 2.45) is 0 Å². The first-order chi connectivity index (χ1) is 11.0. The molecule has 1 aliphatic rings. The zero-order valence-corrected chi connectivity index (χ0v) is 13.4. The summed E-state index contributed by atoms with van der Waals surface area (Å²) in [7, 11) is 0. The Labute approximate surface area is 142 Å². The van der Waals surface area contributed by atoms with Gasteiger partial charge in [0.1, 0.15) is 11.5 Å². The molecule has 1 heterocycles. The number of rotatable bonds is 3. The number of halogens is 2. The van der Waals surface area contributed by atoms with Gasteiger partial charge in [0.25, 0.3) is 0 Å². The molecule has 0 radical (unpaired) electrons. The van der Waals surface area contributed by atoms with Crippen LogP contribution in [-0.4, -0.2) is 17.7 Å². The Kier molecular flexibility index (Phi) is 4.57. The number of benzene rings is 2. The molecule has 23 heavy (non-hydrogen) atoms. The molecular weight excluding hydrogens is 339 g/mol. The molecule has 0 unspecified atom stereocenters. The lowest BCUT2D eigenvalue weighted by Gasteiger charge is -2.19. The van der Waals surface area contributed by atoms with Crippen LogP contribution in [0.25, 0.3) is 6.08 Å². The van der Waals surface area contributed by atoms with E-state index in [0.717, 1.165) is 5.56 Å². The molecule has 118 valence electrons. The molecular formula is C17H12Cl2O4. The maximum Gasteiger partial charge on any atom is 0.189 e. The average molecular weight is 351 g/mol. The van der Waals surface area contributed by atoms with Crippen molar-refractivity contribution in [1.82, 2.24) is 0 Å². The highest BCUT2D eigenvalue weighted by molar-refractivity contribution is 6.31. The van der Waals surface area contributed by atoms with Crippen LogP contribution in [0.2, 0.25) is 10.0 Å². The summed E-state index contributed by atoms with van der Waals surface area (Å²) in [6.45, 7) is 0.554. The second-order valence-electron chi connectivity index (χ2n) is 4.95. The van der Waals surface area contributed by atoms with E-state index < -0.39 is 0 Å². The van der Waals surface area contributed by atoms with Gasteiger partial charge in [0.05, 0.1) is 12.2 Å². The van der Waals surface area contributed by atoms with E-state index in [2.05, 4.69) is 0 Å². The molecule has 0 aromatic heterocycles. The molecule has 0 saturated heterocycles. The highest BCUT2D eigenvalue weighted by atomic mass is 35.5. The molecule has 0 bridgehead atoms. The summed E-state index contributed by atoms with van der Waals surface area (Å²) in [6, 6.07) is 7.77. The van der Waals surface area contributed by atoms with Gasteiger partial charge in [-0.3, -0.25) is 4.79 Å². The quantitative estimate of drug-likeness (QED) is 0.655. The Balaban J connectivity index is 1.92. The minimum Gasteiger partial charge on any atom is -0.507 e. The van der Waals surface area contributed by atoms with Crippen LogP contribution in [0.3, 0.4) is 0 Å². The zero-order chi connectivity index (χ0) is 16.4. The van der Waals surface area contributed by atoms with E-state index in [1.54, 1.807) is 18.2 Å². The van der Waals surface area contributed by atoms with Crippen molar-refractivity contribution in [3.8, 4) is 11.5 Å². The van der Waals surface area contributed by atoms with Gasteiger partial charge in [0.15, 0.2) is 12.6 Å². The number of aromatic hydroxyl groups is 1. The van der Waals surface area contributed by atoms with Gasteiger partial charge in [0, 0.05) is 21.2 Å². The maximum absolute atomic E-state index is 12.2. The van der Waals surface area contributed by atoms with Crippen molar-refractivity contribution in [3.05, 3.63) is 63.1 Å². The lowest BCUT2D eigenvalue weighted by Crippen LogP contribution is -2.12.